The number of hydrogen-bond donors (Lipinski definition) is 1. The summed E-state index contributed by atoms with van der Waals surface area (Å²) in [6.07, 6.45) is 16.5. The van der Waals surface area contributed by atoms with Gasteiger partial charge in [-0.15, -0.1) is 5.06 Å². The van der Waals surface area contributed by atoms with Gasteiger partial charge in [-0.25, -0.2) is 5.21 Å². The van der Waals surface area contributed by atoms with Gasteiger partial charge in [0.2, 0.25) is 0 Å². The lowest BCUT2D eigenvalue weighted by atomic mass is 9.94. The van der Waals surface area contributed by atoms with E-state index in [2.05, 4.69) is 0 Å². The van der Waals surface area contributed by atoms with Crippen molar-refractivity contribution in [2.24, 2.45) is 5.92 Å². The Morgan fingerprint density at radius 2 is 1.72 bits per heavy atom. The molecule has 0 fully saturated rings. The van der Waals surface area contributed by atoms with Crippen LogP contribution in [0.2, 0.25) is 0 Å². The van der Waals surface area contributed by atoms with Gasteiger partial charge >= 0.3 is 0 Å². The maximum absolute atomic E-state index is 12.0. The van der Waals surface area contributed by atoms with E-state index in [1.54, 1.807) is 13.8 Å². The molecule has 0 aromatic carbocycles. The monoisotopic (exact) mass is 246 g/mol. The molecular weight excluding hydrogens is 228 g/mol. The van der Waals surface area contributed by atoms with Gasteiger partial charge in [0.15, 0.2) is 6.04 Å². The second-order valence-corrected chi connectivity index (χ2v) is 5.06. The van der Waals surface area contributed by atoms with Crippen LogP contribution in [0.1, 0.15) is 13.8 Å². The van der Waals surface area contributed by atoms with Crippen LogP contribution >= 0.6 is 0 Å². The van der Waals surface area contributed by atoms with Crippen LogP contribution in [0.5, 0.6) is 0 Å². The summed E-state index contributed by atoms with van der Waals surface area (Å²) in [5.41, 5.74) is -0.688. The third-order valence-corrected chi connectivity index (χ3v) is 3.19. The molecule has 18 heavy (non-hydrogen) atoms. The normalized spacial score (nSPS) is 36.4. The molecule has 1 N–H and O–H groups in total. The summed E-state index contributed by atoms with van der Waals surface area (Å²) in [5, 5.41) is 23.0. The third kappa shape index (κ3) is 2.54. The summed E-state index contributed by atoms with van der Waals surface area (Å²) < 4.78 is 0.756. The van der Waals surface area contributed by atoms with Crippen molar-refractivity contribution in [2.75, 3.05) is 0 Å². The highest BCUT2D eigenvalue weighted by molar-refractivity contribution is 5.50. The molecule has 96 valence electrons. The first kappa shape index (κ1) is 12.6. The Morgan fingerprint density at radius 1 is 1.11 bits per heavy atom. The molecule has 0 spiro atoms. The SMILES string of the molecule is CC1(C)/C=C\C=C\C2C=CC=CC2N(O)/C=[N+]/1[O-]. The van der Waals surface area contributed by atoms with Crippen LogP contribution in [0.25, 0.3) is 0 Å². The van der Waals surface area contributed by atoms with E-state index in [0.717, 1.165) is 9.80 Å². The van der Waals surface area contributed by atoms with Gasteiger partial charge in [-0.2, -0.15) is 0 Å². The molecule has 2 rings (SSSR count). The van der Waals surface area contributed by atoms with E-state index in [1.165, 1.54) is 6.34 Å². The Hall–Kier alpha value is -1.81. The number of allylic oxidation sites excluding steroid dienone is 4. The molecule has 1 heterocycles. The summed E-state index contributed by atoms with van der Waals surface area (Å²) >= 11 is 0. The zero-order valence-electron chi connectivity index (χ0n) is 10.6. The van der Waals surface area contributed by atoms with E-state index >= 15 is 0 Å². The Kier molecular flexibility index (Phi) is 3.39. The third-order valence-electron chi connectivity index (χ3n) is 3.19. The summed E-state index contributed by atoms with van der Waals surface area (Å²) in [5.74, 6) is 0.0514. The Balaban J connectivity index is 2.39. The number of hydrogen-bond acceptors (Lipinski definition) is 3. The molecule has 0 bridgehead atoms. The molecule has 0 saturated heterocycles. The summed E-state index contributed by atoms with van der Waals surface area (Å²) in [7, 11) is 0. The predicted octanol–water partition coefficient (Wildman–Crippen LogP) is 2.23. The van der Waals surface area contributed by atoms with Gasteiger partial charge in [-0.3, -0.25) is 4.74 Å². The van der Waals surface area contributed by atoms with Crippen LogP contribution in [0.3, 0.4) is 0 Å². The summed E-state index contributed by atoms with van der Waals surface area (Å²) in [6, 6.07) is -0.245. The largest absolute Gasteiger partial charge is 0.715 e. The first-order chi connectivity index (χ1) is 8.50. The minimum absolute atomic E-state index is 0.0514. The van der Waals surface area contributed by atoms with Crippen LogP contribution in [-0.2, 0) is 0 Å². The molecule has 2 unspecified atom stereocenters. The molecule has 4 heteroatoms. The topological polar surface area (TPSA) is 49.5 Å². The molecule has 0 saturated carbocycles. The maximum Gasteiger partial charge on any atom is 0.268 e. The van der Waals surface area contributed by atoms with E-state index in [4.69, 9.17) is 0 Å². The van der Waals surface area contributed by atoms with E-state index in [9.17, 15) is 10.4 Å². The fourth-order valence-corrected chi connectivity index (χ4v) is 1.95. The van der Waals surface area contributed by atoms with Crippen LogP contribution < -0.4 is 0 Å². The number of hydroxylamine groups is 3. The van der Waals surface area contributed by atoms with Crippen LogP contribution in [-0.4, -0.2) is 32.9 Å². The first-order valence-corrected chi connectivity index (χ1v) is 6.00. The minimum atomic E-state index is -0.688. The lowest BCUT2D eigenvalue weighted by Gasteiger charge is -2.29. The highest BCUT2D eigenvalue weighted by Crippen LogP contribution is 2.20. The molecule has 1 aliphatic heterocycles. The minimum Gasteiger partial charge on any atom is -0.715 e. The highest BCUT2D eigenvalue weighted by atomic mass is 16.5. The zero-order chi connectivity index (χ0) is 13.2. The number of nitrogens with zero attached hydrogens (tertiary/aromatic N) is 2. The van der Waals surface area contributed by atoms with Crippen LogP contribution in [0, 0.1) is 11.1 Å². The van der Waals surface area contributed by atoms with Gasteiger partial charge in [0.05, 0.1) is 0 Å². The zero-order valence-corrected chi connectivity index (χ0v) is 10.6. The molecule has 0 aromatic heterocycles. The van der Waals surface area contributed by atoms with Crippen molar-refractivity contribution >= 4 is 6.34 Å². The Bertz CT molecular complexity index is 458. The fraction of sp³-hybridized carbons (Fsp3) is 0.357. The molecule has 0 amide bonds. The van der Waals surface area contributed by atoms with Crippen molar-refractivity contribution in [2.45, 2.75) is 25.4 Å². The van der Waals surface area contributed by atoms with Gasteiger partial charge in [0.1, 0.15) is 5.54 Å². The van der Waals surface area contributed by atoms with Gasteiger partial charge in [0.25, 0.3) is 6.34 Å². The quantitative estimate of drug-likeness (QED) is 0.526. The van der Waals surface area contributed by atoms with E-state index < -0.39 is 5.54 Å². The second-order valence-electron chi connectivity index (χ2n) is 5.06. The number of rotatable bonds is 0. The van der Waals surface area contributed by atoms with E-state index in [-0.39, 0.29) is 12.0 Å². The van der Waals surface area contributed by atoms with Gasteiger partial charge < -0.3 is 5.21 Å². The smallest absolute Gasteiger partial charge is 0.268 e. The number of fused-ring (bicyclic) bond motifs is 1. The lowest BCUT2D eigenvalue weighted by molar-refractivity contribution is -0.528. The highest BCUT2D eigenvalue weighted by Gasteiger charge is 2.28. The molecule has 2 atom stereocenters. The van der Waals surface area contributed by atoms with Crippen LogP contribution in [0.15, 0.2) is 48.6 Å². The molecule has 2 aliphatic rings. The second kappa shape index (κ2) is 4.82. The molecule has 1 aliphatic carbocycles. The summed E-state index contributed by atoms with van der Waals surface area (Å²) in [6.45, 7) is 3.59. The van der Waals surface area contributed by atoms with Crippen molar-refractivity contribution in [3.63, 3.8) is 0 Å². The Morgan fingerprint density at radius 3 is 2.44 bits per heavy atom. The molecule has 0 radical (unpaired) electrons. The van der Waals surface area contributed by atoms with Crippen molar-refractivity contribution in [3.05, 3.63) is 53.8 Å². The maximum atomic E-state index is 12.0. The van der Waals surface area contributed by atoms with Crippen molar-refractivity contribution in [1.82, 2.24) is 5.06 Å². The Labute approximate surface area is 107 Å². The predicted molar refractivity (Wildman–Crippen MR) is 71.2 cm³/mol. The van der Waals surface area contributed by atoms with Crippen molar-refractivity contribution < 1.29 is 9.95 Å². The van der Waals surface area contributed by atoms with Crippen molar-refractivity contribution in [3.8, 4) is 0 Å². The van der Waals surface area contributed by atoms with E-state index in [0.29, 0.717) is 0 Å². The average Bonchev–Trinajstić information content (AvgIpc) is 2.34. The van der Waals surface area contributed by atoms with Crippen molar-refractivity contribution in [1.29, 1.82) is 0 Å². The molecule has 0 aromatic rings. The van der Waals surface area contributed by atoms with Gasteiger partial charge in [-0.1, -0.05) is 36.5 Å². The molecule has 4 nitrogen and oxygen atoms in total. The molecular formula is C14H18N2O2. The average molecular weight is 246 g/mol. The van der Waals surface area contributed by atoms with Gasteiger partial charge in [-0.05, 0) is 26.0 Å². The first-order valence-electron chi connectivity index (χ1n) is 6.00. The van der Waals surface area contributed by atoms with Crippen LogP contribution in [0.4, 0.5) is 0 Å². The van der Waals surface area contributed by atoms with Gasteiger partial charge in [0, 0.05) is 5.92 Å². The standard InChI is InChI=1S/C14H18N2O2/c1-14(2)10-6-5-8-12-7-3-4-9-13(12)15(17)11-16(14)18/h3-13,17H,1-2H3/b8-5+,10-6-,16-11-. The van der Waals surface area contributed by atoms with E-state index in [1.807, 2.05) is 48.6 Å². The lowest BCUT2D eigenvalue weighted by Crippen LogP contribution is -2.41. The summed E-state index contributed by atoms with van der Waals surface area (Å²) in [4.78, 5) is 0. The fourth-order valence-electron chi connectivity index (χ4n) is 1.95.